The van der Waals surface area contributed by atoms with Gasteiger partial charge < -0.3 is 5.73 Å². The third-order valence-corrected chi connectivity index (χ3v) is 2.98. The van der Waals surface area contributed by atoms with E-state index in [4.69, 9.17) is 28.9 Å². The van der Waals surface area contributed by atoms with E-state index in [1.165, 1.54) is 6.07 Å². The monoisotopic (exact) mass is 263 g/mol. The second kappa shape index (κ2) is 5.62. The van der Waals surface area contributed by atoms with E-state index in [1.807, 2.05) is 6.92 Å². The average Bonchev–Trinajstić information content (AvgIpc) is 2.24. The van der Waals surface area contributed by atoms with E-state index in [2.05, 4.69) is 0 Å². The van der Waals surface area contributed by atoms with Gasteiger partial charge in [0, 0.05) is 12.5 Å². The molecule has 1 unspecified atom stereocenters. The van der Waals surface area contributed by atoms with Gasteiger partial charge in [-0.25, -0.2) is 4.39 Å². The SMILES string of the molecule is CCC(N)CC(=O)c1c(Cl)ccc(F)c1Cl. The van der Waals surface area contributed by atoms with E-state index in [-0.39, 0.29) is 33.9 Å². The molecule has 0 fully saturated rings. The summed E-state index contributed by atoms with van der Waals surface area (Å²) in [6.45, 7) is 1.87. The third kappa shape index (κ3) is 2.94. The van der Waals surface area contributed by atoms with Gasteiger partial charge in [0.05, 0.1) is 15.6 Å². The van der Waals surface area contributed by atoms with E-state index in [9.17, 15) is 9.18 Å². The molecule has 1 aromatic rings. The molecule has 5 heteroatoms. The van der Waals surface area contributed by atoms with Crippen molar-refractivity contribution in [1.82, 2.24) is 0 Å². The lowest BCUT2D eigenvalue weighted by molar-refractivity contribution is 0.0974. The van der Waals surface area contributed by atoms with Crippen molar-refractivity contribution in [2.45, 2.75) is 25.8 Å². The molecule has 1 aromatic carbocycles. The Morgan fingerprint density at radius 2 is 2.12 bits per heavy atom. The van der Waals surface area contributed by atoms with Crippen molar-refractivity contribution >= 4 is 29.0 Å². The lowest BCUT2D eigenvalue weighted by atomic mass is 10.0. The van der Waals surface area contributed by atoms with Crippen molar-refractivity contribution in [1.29, 1.82) is 0 Å². The smallest absolute Gasteiger partial charge is 0.167 e. The predicted octanol–water partition coefficient (Wildman–Crippen LogP) is 3.44. The number of nitrogens with two attached hydrogens (primary N) is 1. The van der Waals surface area contributed by atoms with E-state index in [1.54, 1.807) is 0 Å². The number of hydrogen-bond acceptors (Lipinski definition) is 2. The first kappa shape index (κ1) is 13.4. The molecular weight excluding hydrogens is 252 g/mol. The second-order valence-electron chi connectivity index (χ2n) is 3.51. The summed E-state index contributed by atoms with van der Waals surface area (Å²) in [5.74, 6) is -0.983. The summed E-state index contributed by atoms with van der Waals surface area (Å²) in [4.78, 5) is 11.8. The summed E-state index contributed by atoms with van der Waals surface area (Å²) >= 11 is 11.5. The van der Waals surface area contributed by atoms with Gasteiger partial charge in [0.2, 0.25) is 0 Å². The minimum atomic E-state index is -0.653. The Hall–Kier alpha value is -0.640. The molecule has 2 nitrogen and oxygen atoms in total. The van der Waals surface area contributed by atoms with Crippen LogP contribution in [-0.2, 0) is 0 Å². The first-order valence-corrected chi connectivity index (χ1v) is 5.65. The molecule has 1 atom stereocenters. The molecule has 0 saturated heterocycles. The number of ketones is 1. The summed E-state index contributed by atoms with van der Waals surface area (Å²) in [7, 11) is 0. The molecule has 0 saturated carbocycles. The fourth-order valence-electron chi connectivity index (χ4n) is 1.27. The van der Waals surface area contributed by atoms with Gasteiger partial charge in [0.15, 0.2) is 5.78 Å². The van der Waals surface area contributed by atoms with Gasteiger partial charge in [0.1, 0.15) is 5.82 Å². The van der Waals surface area contributed by atoms with Crippen LogP contribution < -0.4 is 5.73 Å². The predicted molar refractivity (Wildman–Crippen MR) is 63.6 cm³/mol. The Labute approximate surface area is 104 Å². The van der Waals surface area contributed by atoms with E-state index >= 15 is 0 Å². The van der Waals surface area contributed by atoms with Crippen LogP contribution in [0.3, 0.4) is 0 Å². The van der Waals surface area contributed by atoms with Crippen molar-refractivity contribution < 1.29 is 9.18 Å². The molecule has 0 radical (unpaired) electrons. The third-order valence-electron chi connectivity index (χ3n) is 2.29. The van der Waals surface area contributed by atoms with Crippen molar-refractivity contribution in [3.8, 4) is 0 Å². The van der Waals surface area contributed by atoms with Crippen LogP contribution in [0.15, 0.2) is 12.1 Å². The normalized spacial score (nSPS) is 12.6. The van der Waals surface area contributed by atoms with Crippen LogP contribution in [-0.4, -0.2) is 11.8 Å². The first-order valence-electron chi connectivity index (χ1n) is 4.89. The molecule has 16 heavy (non-hydrogen) atoms. The van der Waals surface area contributed by atoms with Crippen molar-refractivity contribution in [3.63, 3.8) is 0 Å². The van der Waals surface area contributed by atoms with Gasteiger partial charge in [-0.15, -0.1) is 0 Å². The minimum absolute atomic E-state index is 0.0206. The Balaban J connectivity index is 3.03. The van der Waals surface area contributed by atoms with Crippen LogP contribution >= 0.6 is 23.2 Å². The van der Waals surface area contributed by atoms with Crippen LogP contribution in [0.1, 0.15) is 30.1 Å². The molecule has 88 valence electrons. The summed E-state index contributed by atoms with van der Waals surface area (Å²) in [5.41, 5.74) is 5.67. The first-order chi connectivity index (χ1) is 7.47. The Morgan fingerprint density at radius 1 is 1.50 bits per heavy atom. The number of Topliss-reactive ketones (excluding diaryl/α,β-unsaturated/α-hetero) is 1. The van der Waals surface area contributed by atoms with Gasteiger partial charge in [-0.05, 0) is 18.6 Å². The molecule has 0 bridgehead atoms. The standard InChI is InChI=1S/C11H12Cl2FNO/c1-2-6(15)5-9(16)10-7(12)3-4-8(14)11(10)13/h3-4,6H,2,5,15H2,1H3. The van der Waals surface area contributed by atoms with Gasteiger partial charge in [-0.1, -0.05) is 30.1 Å². The molecule has 1 rings (SSSR count). The largest absolute Gasteiger partial charge is 0.327 e. The molecule has 0 spiro atoms. The molecule has 0 aliphatic carbocycles. The highest BCUT2D eigenvalue weighted by atomic mass is 35.5. The van der Waals surface area contributed by atoms with E-state index in [0.29, 0.717) is 6.42 Å². The number of carbonyl (C=O) groups is 1. The molecule has 0 aromatic heterocycles. The molecule has 0 aliphatic heterocycles. The molecule has 0 aliphatic rings. The zero-order chi connectivity index (χ0) is 12.3. The summed E-state index contributed by atoms with van der Waals surface area (Å²) in [5, 5.41) is -0.0829. The zero-order valence-corrected chi connectivity index (χ0v) is 10.3. The molecular formula is C11H12Cl2FNO. The average molecular weight is 264 g/mol. The number of hydrogen-bond donors (Lipinski definition) is 1. The fourth-order valence-corrected chi connectivity index (χ4v) is 1.85. The number of benzene rings is 1. The topological polar surface area (TPSA) is 43.1 Å². The van der Waals surface area contributed by atoms with Crippen LogP contribution in [0.25, 0.3) is 0 Å². The Kier molecular flexibility index (Phi) is 4.71. The minimum Gasteiger partial charge on any atom is -0.327 e. The maximum Gasteiger partial charge on any atom is 0.167 e. The van der Waals surface area contributed by atoms with Gasteiger partial charge >= 0.3 is 0 Å². The maximum atomic E-state index is 13.2. The van der Waals surface area contributed by atoms with Gasteiger partial charge in [-0.3, -0.25) is 4.79 Å². The van der Waals surface area contributed by atoms with Crippen LogP contribution in [0.2, 0.25) is 10.0 Å². The molecule has 0 heterocycles. The molecule has 2 N–H and O–H groups in total. The number of carbonyl (C=O) groups excluding carboxylic acids is 1. The summed E-state index contributed by atoms with van der Waals surface area (Å²) in [6.07, 6.45) is 0.773. The van der Waals surface area contributed by atoms with Crippen molar-refractivity contribution in [2.24, 2.45) is 5.73 Å². The van der Waals surface area contributed by atoms with Crippen molar-refractivity contribution in [2.75, 3.05) is 0 Å². The van der Waals surface area contributed by atoms with Crippen molar-refractivity contribution in [3.05, 3.63) is 33.6 Å². The lowest BCUT2D eigenvalue weighted by Gasteiger charge is -2.10. The summed E-state index contributed by atoms with van der Waals surface area (Å²) in [6, 6.07) is 2.18. The van der Waals surface area contributed by atoms with E-state index < -0.39 is 5.82 Å². The van der Waals surface area contributed by atoms with E-state index in [0.717, 1.165) is 6.07 Å². The van der Waals surface area contributed by atoms with Gasteiger partial charge in [-0.2, -0.15) is 0 Å². The van der Waals surface area contributed by atoms with Crippen LogP contribution in [0, 0.1) is 5.82 Å². The maximum absolute atomic E-state index is 13.2. The van der Waals surface area contributed by atoms with Crippen LogP contribution in [0.4, 0.5) is 4.39 Å². The highest BCUT2D eigenvalue weighted by molar-refractivity contribution is 6.39. The molecule has 0 amide bonds. The quantitative estimate of drug-likeness (QED) is 0.668. The van der Waals surface area contributed by atoms with Crippen LogP contribution in [0.5, 0.6) is 0 Å². The summed E-state index contributed by atoms with van der Waals surface area (Å²) < 4.78 is 13.2. The highest BCUT2D eigenvalue weighted by Crippen LogP contribution is 2.28. The van der Waals surface area contributed by atoms with Gasteiger partial charge in [0.25, 0.3) is 0 Å². The Morgan fingerprint density at radius 3 is 2.69 bits per heavy atom. The lowest BCUT2D eigenvalue weighted by Crippen LogP contribution is -2.23. The zero-order valence-electron chi connectivity index (χ0n) is 8.77. The Bertz CT molecular complexity index is 409. The highest BCUT2D eigenvalue weighted by Gasteiger charge is 2.19. The second-order valence-corrected chi connectivity index (χ2v) is 4.30. The number of rotatable bonds is 4. The number of halogens is 3. The fraction of sp³-hybridized carbons (Fsp3) is 0.364.